The molecular formula is C11H10IN3O2S. The van der Waals surface area contributed by atoms with Crippen molar-refractivity contribution in [3.05, 3.63) is 48.5 Å². The zero-order valence-corrected chi connectivity index (χ0v) is 12.3. The Morgan fingerprint density at radius 3 is 3.00 bits per heavy atom. The molecule has 0 saturated carbocycles. The lowest BCUT2D eigenvalue weighted by Gasteiger charge is -2.06. The quantitative estimate of drug-likeness (QED) is 0.495. The molecule has 94 valence electrons. The highest BCUT2D eigenvalue weighted by Crippen LogP contribution is 2.26. The Hall–Kier alpha value is -1.22. The van der Waals surface area contributed by atoms with E-state index in [9.17, 15) is 10.1 Å². The van der Waals surface area contributed by atoms with Gasteiger partial charge >= 0.3 is 0 Å². The first kappa shape index (κ1) is 13.2. The van der Waals surface area contributed by atoms with Crippen molar-refractivity contribution in [3.8, 4) is 0 Å². The van der Waals surface area contributed by atoms with Crippen LogP contribution in [0.3, 0.4) is 0 Å². The number of benzene rings is 1. The molecule has 0 unspecified atom stereocenters. The van der Waals surface area contributed by atoms with Crippen LogP contribution < -0.4 is 5.32 Å². The maximum atomic E-state index is 10.9. The average Bonchev–Trinajstić information content (AvgIpc) is 2.84. The largest absolute Gasteiger partial charge is 0.379 e. The Morgan fingerprint density at radius 1 is 1.50 bits per heavy atom. The van der Waals surface area contributed by atoms with Gasteiger partial charge in [-0.1, -0.05) is 0 Å². The number of nitrogens with one attached hydrogen (secondary N) is 1. The molecule has 1 N–H and O–H groups in total. The maximum Gasteiger partial charge on any atom is 0.293 e. The predicted molar refractivity (Wildman–Crippen MR) is 80.1 cm³/mol. The van der Waals surface area contributed by atoms with E-state index in [0.29, 0.717) is 12.2 Å². The number of nitrogens with zero attached hydrogens (tertiary/aromatic N) is 2. The van der Waals surface area contributed by atoms with E-state index in [-0.39, 0.29) is 10.6 Å². The number of rotatable bonds is 5. The third kappa shape index (κ3) is 3.39. The molecule has 1 heterocycles. The molecule has 0 aliphatic rings. The average molecular weight is 375 g/mol. The van der Waals surface area contributed by atoms with E-state index >= 15 is 0 Å². The van der Waals surface area contributed by atoms with Crippen LogP contribution in [0.25, 0.3) is 0 Å². The van der Waals surface area contributed by atoms with E-state index in [1.54, 1.807) is 29.0 Å². The van der Waals surface area contributed by atoms with Gasteiger partial charge in [-0.15, -0.1) is 11.3 Å². The lowest BCUT2D eigenvalue weighted by Crippen LogP contribution is -2.07. The molecule has 0 amide bonds. The Morgan fingerprint density at radius 2 is 2.33 bits per heavy atom. The second kappa shape index (κ2) is 6.10. The Labute approximate surface area is 122 Å². The lowest BCUT2D eigenvalue weighted by atomic mass is 10.2. The number of nitro groups is 1. The van der Waals surface area contributed by atoms with Crippen LogP contribution in [0.1, 0.15) is 5.69 Å². The molecule has 1 aromatic heterocycles. The van der Waals surface area contributed by atoms with E-state index in [0.717, 1.165) is 15.7 Å². The molecule has 5 nitrogen and oxygen atoms in total. The molecule has 2 aromatic rings. The summed E-state index contributed by atoms with van der Waals surface area (Å²) in [5.41, 5.74) is 3.44. The smallest absolute Gasteiger partial charge is 0.293 e. The molecule has 0 bridgehead atoms. The van der Waals surface area contributed by atoms with Crippen molar-refractivity contribution in [2.45, 2.75) is 6.42 Å². The van der Waals surface area contributed by atoms with Crippen LogP contribution in [0.4, 0.5) is 11.4 Å². The van der Waals surface area contributed by atoms with Gasteiger partial charge < -0.3 is 5.32 Å². The molecule has 18 heavy (non-hydrogen) atoms. The Balaban J connectivity index is 2.02. The minimum atomic E-state index is -0.368. The number of thiazole rings is 1. The molecule has 0 fully saturated rings. The summed E-state index contributed by atoms with van der Waals surface area (Å²) in [6.07, 6.45) is 0.757. The number of aromatic nitrogens is 1. The first-order valence-electron chi connectivity index (χ1n) is 5.21. The molecule has 0 aliphatic carbocycles. The van der Waals surface area contributed by atoms with E-state index < -0.39 is 0 Å². The van der Waals surface area contributed by atoms with Crippen molar-refractivity contribution >= 4 is 45.3 Å². The van der Waals surface area contributed by atoms with Crippen molar-refractivity contribution in [2.75, 3.05) is 11.9 Å². The molecule has 7 heteroatoms. The van der Waals surface area contributed by atoms with Crippen LogP contribution in [0.5, 0.6) is 0 Å². The Kier molecular flexibility index (Phi) is 4.48. The third-order valence-corrected chi connectivity index (χ3v) is 3.64. The van der Waals surface area contributed by atoms with Gasteiger partial charge in [0.05, 0.1) is 16.1 Å². The summed E-state index contributed by atoms with van der Waals surface area (Å²) in [5, 5.41) is 16.0. The molecular weight excluding hydrogens is 365 g/mol. The summed E-state index contributed by atoms with van der Waals surface area (Å²) in [7, 11) is 0. The van der Waals surface area contributed by atoms with E-state index in [1.807, 2.05) is 11.4 Å². The molecule has 0 aliphatic heterocycles. The van der Waals surface area contributed by atoms with Crippen molar-refractivity contribution < 1.29 is 4.92 Å². The summed E-state index contributed by atoms with van der Waals surface area (Å²) in [4.78, 5) is 14.7. The highest BCUT2D eigenvalue weighted by molar-refractivity contribution is 14.1. The number of anilines is 1. The number of nitro benzene ring substituents is 1. The van der Waals surface area contributed by atoms with Crippen molar-refractivity contribution in [1.29, 1.82) is 0 Å². The zero-order valence-electron chi connectivity index (χ0n) is 9.30. The Bertz CT molecular complexity index is 545. The fourth-order valence-corrected chi connectivity index (χ4v) is 2.56. The van der Waals surface area contributed by atoms with Gasteiger partial charge in [0.25, 0.3) is 5.69 Å². The summed E-state index contributed by atoms with van der Waals surface area (Å²) in [6.45, 7) is 0.630. The fourth-order valence-electron chi connectivity index (χ4n) is 1.49. The predicted octanol–water partition coefficient (Wildman–Crippen LogP) is 3.31. The van der Waals surface area contributed by atoms with Crippen molar-refractivity contribution in [2.24, 2.45) is 0 Å². The van der Waals surface area contributed by atoms with Gasteiger partial charge in [-0.3, -0.25) is 10.1 Å². The monoisotopic (exact) mass is 375 g/mol. The van der Waals surface area contributed by atoms with Gasteiger partial charge in [-0.2, -0.15) is 0 Å². The second-order valence-corrected chi connectivity index (χ2v) is 5.54. The molecule has 0 radical (unpaired) electrons. The van der Waals surface area contributed by atoms with Gasteiger partial charge in [0.1, 0.15) is 5.69 Å². The van der Waals surface area contributed by atoms with Gasteiger partial charge in [-0.25, -0.2) is 4.98 Å². The van der Waals surface area contributed by atoms with Crippen molar-refractivity contribution in [1.82, 2.24) is 4.98 Å². The van der Waals surface area contributed by atoms with Crippen LogP contribution >= 0.6 is 33.9 Å². The number of hydrogen-bond acceptors (Lipinski definition) is 5. The second-order valence-electron chi connectivity index (χ2n) is 3.58. The summed E-state index contributed by atoms with van der Waals surface area (Å²) < 4.78 is 0.851. The van der Waals surface area contributed by atoms with Crippen LogP contribution in [0.2, 0.25) is 0 Å². The summed E-state index contributed by atoms with van der Waals surface area (Å²) in [6, 6.07) is 5.14. The maximum absolute atomic E-state index is 10.9. The number of halogens is 1. The standard InChI is InChI=1S/C11H10IN3O2S/c12-8-1-2-10(11(5-8)15(16)17)13-4-3-9-6-18-7-14-9/h1-2,5-7,13H,3-4H2. The SMILES string of the molecule is O=[N+]([O-])c1cc(I)ccc1NCCc1cscn1. The molecule has 1 aromatic carbocycles. The van der Waals surface area contributed by atoms with E-state index in [1.165, 1.54) is 0 Å². The zero-order chi connectivity index (χ0) is 13.0. The minimum Gasteiger partial charge on any atom is -0.379 e. The first-order valence-corrected chi connectivity index (χ1v) is 7.24. The van der Waals surface area contributed by atoms with E-state index in [4.69, 9.17) is 0 Å². The number of hydrogen-bond donors (Lipinski definition) is 1. The normalized spacial score (nSPS) is 10.3. The highest BCUT2D eigenvalue weighted by Gasteiger charge is 2.13. The summed E-state index contributed by atoms with van der Waals surface area (Å²) in [5.74, 6) is 0. The van der Waals surface area contributed by atoms with Gasteiger partial charge in [-0.05, 0) is 34.7 Å². The van der Waals surface area contributed by atoms with Crippen LogP contribution in [-0.2, 0) is 6.42 Å². The fraction of sp³-hybridized carbons (Fsp3) is 0.182. The van der Waals surface area contributed by atoms with Crippen LogP contribution in [0, 0.1) is 13.7 Å². The molecule has 0 saturated heterocycles. The van der Waals surface area contributed by atoms with Crippen LogP contribution in [-0.4, -0.2) is 16.5 Å². The molecule has 0 spiro atoms. The van der Waals surface area contributed by atoms with Crippen LogP contribution in [0.15, 0.2) is 29.1 Å². The minimum absolute atomic E-state index is 0.111. The molecule has 2 rings (SSSR count). The van der Waals surface area contributed by atoms with Gasteiger partial charge in [0.15, 0.2) is 0 Å². The third-order valence-electron chi connectivity index (χ3n) is 2.34. The van der Waals surface area contributed by atoms with Gasteiger partial charge in [0.2, 0.25) is 0 Å². The topological polar surface area (TPSA) is 68.1 Å². The van der Waals surface area contributed by atoms with E-state index in [2.05, 4.69) is 32.9 Å². The lowest BCUT2D eigenvalue weighted by molar-refractivity contribution is -0.384. The first-order chi connectivity index (χ1) is 8.66. The highest BCUT2D eigenvalue weighted by atomic mass is 127. The molecule has 0 atom stereocenters. The van der Waals surface area contributed by atoms with Gasteiger partial charge in [0, 0.05) is 28.0 Å². The van der Waals surface area contributed by atoms with Crippen molar-refractivity contribution in [3.63, 3.8) is 0 Å². The summed E-state index contributed by atoms with van der Waals surface area (Å²) >= 11 is 3.61.